The third kappa shape index (κ3) is 1.23. The van der Waals surface area contributed by atoms with Gasteiger partial charge in [-0.05, 0) is 6.92 Å². The Balaban J connectivity index is 2.99. The summed E-state index contributed by atoms with van der Waals surface area (Å²) in [5.41, 5.74) is 4.90. The number of nitrogens with one attached hydrogen (secondary N) is 1. The molecule has 0 saturated heterocycles. The van der Waals surface area contributed by atoms with Crippen molar-refractivity contribution >= 4 is 17.2 Å². The number of hydrogen-bond acceptors (Lipinski definition) is 5. The molecule has 0 aliphatic rings. The first-order chi connectivity index (χ1) is 7.00. The minimum Gasteiger partial charge on any atom is -0.378 e. The van der Waals surface area contributed by atoms with E-state index in [-0.39, 0.29) is 17.2 Å². The van der Waals surface area contributed by atoms with E-state index in [9.17, 15) is 14.9 Å². The number of nitro groups is 1. The molecule has 0 spiro atoms. The van der Waals surface area contributed by atoms with E-state index >= 15 is 0 Å². The average molecular weight is 209 g/mol. The van der Waals surface area contributed by atoms with Crippen LogP contribution in [0.4, 0.5) is 11.5 Å². The van der Waals surface area contributed by atoms with Gasteiger partial charge in [0.2, 0.25) is 5.65 Å². The summed E-state index contributed by atoms with van der Waals surface area (Å²) in [5, 5.41) is 13.1. The lowest BCUT2D eigenvalue weighted by Gasteiger charge is -1.92. The zero-order chi connectivity index (χ0) is 11.2. The lowest BCUT2D eigenvalue weighted by Crippen LogP contribution is -2.14. The molecule has 0 atom stereocenters. The summed E-state index contributed by atoms with van der Waals surface area (Å²) in [6.07, 6.45) is 0. The van der Waals surface area contributed by atoms with Crippen LogP contribution in [0.2, 0.25) is 0 Å². The van der Waals surface area contributed by atoms with Crippen molar-refractivity contribution in [1.82, 2.24) is 14.6 Å². The van der Waals surface area contributed by atoms with Gasteiger partial charge in [-0.1, -0.05) is 0 Å². The molecule has 15 heavy (non-hydrogen) atoms. The van der Waals surface area contributed by atoms with Crippen molar-refractivity contribution in [3.63, 3.8) is 0 Å². The van der Waals surface area contributed by atoms with Gasteiger partial charge < -0.3 is 5.73 Å². The van der Waals surface area contributed by atoms with Crippen molar-refractivity contribution in [3.8, 4) is 0 Å². The number of nitrogens with zero attached hydrogens (tertiary/aromatic N) is 3. The molecule has 2 heterocycles. The van der Waals surface area contributed by atoms with Gasteiger partial charge in [0.25, 0.3) is 5.56 Å². The topological polar surface area (TPSA) is 119 Å². The molecule has 0 aromatic carbocycles. The normalized spacial score (nSPS) is 10.7. The van der Waals surface area contributed by atoms with Crippen LogP contribution in [0.5, 0.6) is 0 Å². The molecule has 2 aromatic rings. The summed E-state index contributed by atoms with van der Waals surface area (Å²) in [7, 11) is 0. The van der Waals surface area contributed by atoms with Crippen LogP contribution >= 0.6 is 0 Å². The highest BCUT2D eigenvalue weighted by Gasteiger charge is 2.22. The van der Waals surface area contributed by atoms with E-state index in [0.29, 0.717) is 5.69 Å². The van der Waals surface area contributed by atoms with Crippen molar-refractivity contribution in [3.05, 3.63) is 32.2 Å². The fourth-order valence-electron chi connectivity index (χ4n) is 1.34. The number of aryl methyl sites for hydroxylation is 1. The van der Waals surface area contributed by atoms with Crippen LogP contribution in [0, 0.1) is 17.0 Å². The third-order valence-corrected chi connectivity index (χ3v) is 1.93. The van der Waals surface area contributed by atoms with Gasteiger partial charge in [0, 0.05) is 11.8 Å². The number of aromatic nitrogens is 3. The molecule has 2 rings (SSSR count). The van der Waals surface area contributed by atoms with Crippen molar-refractivity contribution in [2.45, 2.75) is 6.92 Å². The number of hydrogen-bond donors (Lipinski definition) is 2. The molecule has 0 fully saturated rings. The molecule has 0 amide bonds. The molecule has 78 valence electrons. The Morgan fingerprint density at radius 3 is 2.93 bits per heavy atom. The second-order valence-electron chi connectivity index (χ2n) is 3.03. The van der Waals surface area contributed by atoms with Gasteiger partial charge in [-0.15, -0.1) is 0 Å². The van der Waals surface area contributed by atoms with Crippen LogP contribution in [-0.4, -0.2) is 19.5 Å². The summed E-state index contributed by atoms with van der Waals surface area (Å²) >= 11 is 0. The molecule has 8 heteroatoms. The summed E-state index contributed by atoms with van der Waals surface area (Å²) in [4.78, 5) is 25.3. The first-order valence-electron chi connectivity index (χ1n) is 4.03. The molecule has 8 nitrogen and oxygen atoms in total. The van der Waals surface area contributed by atoms with E-state index in [1.54, 1.807) is 6.92 Å². The second-order valence-corrected chi connectivity index (χ2v) is 3.03. The monoisotopic (exact) mass is 209 g/mol. The van der Waals surface area contributed by atoms with Crippen molar-refractivity contribution in [1.29, 1.82) is 0 Å². The van der Waals surface area contributed by atoms with Crippen LogP contribution in [0.15, 0.2) is 10.9 Å². The molecule has 0 bridgehead atoms. The zero-order valence-corrected chi connectivity index (χ0v) is 7.72. The van der Waals surface area contributed by atoms with Crippen molar-refractivity contribution in [2.75, 3.05) is 5.73 Å². The molecular formula is C7H7N5O3. The average Bonchev–Trinajstić information content (AvgIpc) is 2.41. The summed E-state index contributed by atoms with van der Waals surface area (Å²) in [6.45, 7) is 1.58. The van der Waals surface area contributed by atoms with Gasteiger partial charge in [0.05, 0.1) is 4.92 Å². The highest BCUT2D eigenvalue weighted by molar-refractivity contribution is 5.71. The number of fused-ring (bicyclic) bond motifs is 1. The zero-order valence-electron chi connectivity index (χ0n) is 7.72. The predicted molar refractivity (Wildman–Crippen MR) is 51.6 cm³/mol. The number of rotatable bonds is 1. The third-order valence-electron chi connectivity index (χ3n) is 1.93. The fourth-order valence-corrected chi connectivity index (χ4v) is 1.34. The van der Waals surface area contributed by atoms with E-state index in [0.717, 1.165) is 4.52 Å². The number of anilines is 1. The van der Waals surface area contributed by atoms with Gasteiger partial charge in [0.1, 0.15) is 0 Å². The van der Waals surface area contributed by atoms with E-state index in [1.807, 2.05) is 0 Å². The lowest BCUT2D eigenvalue weighted by atomic mass is 10.4. The summed E-state index contributed by atoms with van der Waals surface area (Å²) < 4.78 is 0.945. The van der Waals surface area contributed by atoms with Gasteiger partial charge in [-0.3, -0.25) is 20.0 Å². The van der Waals surface area contributed by atoms with Crippen LogP contribution in [-0.2, 0) is 0 Å². The molecule has 3 N–H and O–H groups in total. The maximum atomic E-state index is 11.4. The Labute approximate surface area is 82.5 Å². The van der Waals surface area contributed by atoms with E-state index in [4.69, 9.17) is 5.73 Å². The Bertz CT molecular complexity index is 611. The maximum Gasteiger partial charge on any atom is 0.354 e. The van der Waals surface area contributed by atoms with Crippen LogP contribution in [0.3, 0.4) is 0 Å². The molecule has 0 unspecified atom stereocenters. The quantitative estimate of drug-likeness (QED) is 0.498. The van der Waals surface area contributed by atoms with E-state index in [1.165, 1.54) is 6.07 Å². The van der Waals surface area contributed by atoms with Crippen molar-refractivity contribution < 1.29 is 4.92 Å². The molecular weight excluding hydrogens is 202 g/mol. The van der Waals surface area contributed by atoms with E-state index in [2.05, 4.69) is 10.1 Å². The van der Waals surface area contributed by atoms with Crippen LogP contribution in [0.1, 0.15) is 5.69 Å². The van der Waals surface area contributed by atoms with Gasteiger partial charge in [-0.25, -0.2) is 4.98 Å². The molecule has 0 radical (unpaired) electrons. The largest absolute Gasteiger partial charge is 0.378 e. The van der Waals surface area contributed by atoms with Gasteiger partial charge in [-0.2, -0.15) is 4.52 Å². The molecule has 0 aliphatic heterocycles. The number of H-pyrrole nitrogens is 1. The highest BCUT2D eigenvalue weighted by Crippen LogP contribution is 2.23. The smallest absolute Gasteiger partial charge is 0.354 e. The minimum atomic E-state index is -0.674. The van der Waals surface area contributed by atoms with Crippen LogP contribution < -0.4 is 11.3 Å². The molecule has 2 aromatic heterocycles. The Morgan fingerprint density at radius 1 is 1.67 bits per heavy atom. The van der Waals surface area contributed by atoms with Crippen molar-refractivity contribution in [2.24, 2.45) is 0 Å². The molecule has 0 aliphatic carbocycles. The van der Waals surface area contributed by atoms with Gasteiger partial charge in [0.15, 0.2) is 5.82 Å². The summed E-state index contributed by atoms with van der Waals surface area (Å²) in [6, 6.07) is 1.26. The first-order valence-corrected chi connectivity index (χ1v) is 4.03. The SMILES string of the molecule is Cc1cc(=O)n2[nH]c(N)c([N+](=O)[O-])c2n1. The number of aromatic amines is 1. The minimum absolute atomic E-state index is 0.0671. The summed E-state index contributed by atoms with van der Waals surface area (Å²) in [5.74, 6) is -0.185. The highest BCUT2D eigenvalue weighted by atomic mass is 16.6. The van der Waals surface area contributed by atoms with Gasteiger partial charge >= 0.3 is 5.69 Å². The second kappa shape index (κ2) is 2.80. The number of nitrogen functional groups attached to an aromatic ring is 1. The Morgan fingerprint density at radius 2 is 2.33 bits per heavy atom. The standard InChI is InChI=1S/C7H7N5O3/c1-3-2-4(13)11-7(9-3)5(12(14)15)6(8)10-11/h2,10H,8H2,1H3. The first kappa shape index (κ1) is 9.19. The number of nitrogens with two attached hydrogens (primary N) is 1. The molecule has 0 saturated carbocycles. The lowest BCUT2D eigenvalue weighted by molar-refractivity contribution is -0.382. The van der Waals surface area contributed by atoms with E-state index < -0.39 is 10.5 Å². The fraction of sp³-hybridized carbons (Fsp3) is 0.143. The Hall–Kier alpha value is -2.38. The predicted octanol–water partition coefficient (Wildman–Crippen LogP) is -0.179. The maximum absolute atomic E-state index is 11.4. The van der Waals surface area contributed by atoms with Crippen LogP contribution in [0.25, 0.3) is 5.65 Å². The Kier molecular flexibility index (Phi) is 1.72.